The molecule has 1 saturated carbocycles. The molecule has 2 atom stereocenters. The zero-order chi connectivity index (χ0) is 27.9. The monoisotopic (exact) mass is 613 g/mol. The molecule has 40 heavy (non-hydrogen) atoms. The van der Waals surface area contributed by atoms with Crippen LogP contribution in [0.15, 0.2) is 80.9 Å². The van der Waals surface area contributed by atoms with Gasteiger partial charge in [-0.05, 0) is 90.6 Å². The fourth-order valence-corrected chi connectivity index (χ4v) is 8.87. The Morgan fingerprint density at radius 2 is 1.62 bits per heavy atom. The molecule has 10 heteroatoms. The molecule has 2 aromatic carbocycles. The number of carbonyl (C=O) groups excluding carboxylic acids is 1. The van der Waals surface area contributed by atoms with E-state index in [4.69, 9.17) is 28.3 Å². The normalized spacial score (nSPS) is 23.3. The minimum atomic E-state index is -3.53. The molecule has 1 aromatic heterocycles. The van der Waals surface area contributed by atoms with Crippen molar-refractivity contribution >= 4 is 62.3 Å². The number of halogens is 2. The number of thiophene rings is 1. The first kappa shape index (κ1) is 27.7. The van der Waals surface area contributed by atoms with Crippen molar-refractivity contribution in [3.8, 4) is 0 Å². The largest absolute Gasteiger partial charge is 0.273 e. The maximum absolute atomic E-state index is 14.1. The van der Waals surface area contributed by atoms with Gasteiger partial charge in [0.2, 0.25) is 5.91 Å². The van der Waals surface area contributed by atoms with Gasteiger partial charge in [0.1, 0.15) is 4.21 Å². The molecule has 6 nitrogen and oxygen atoms in total. The number of amides is 1. The van der Waals surface area contributed by atoms with E-state index in [1.807, 2.05) is 48.5 Å². The first-order chi connectivity index (χ1) is 19.3. The fraction of sp³-hybridized carbons (Fsp3) is 0.333. The number of rotatable bonds is 5. The lowest BCUT2D eigenvalue weighted by Crippen LogP contribution is -2.43. The smallest absolute Gasteiger partial charge is 0.252 e. The third-order valence-corrected chi connectivity index (χ3v) is 11.8. The SMILES string of the molecule is O=C(C1CCN(S(=O)(=O)c2cccs2)CC1)N1N=C2/C(=C\c3ccc(Cl)cc3)CCCC2C1c1ccc(Cl)cc1. The summed E-state index contributed by atoms with van der Waals surface area (Å²) in [4.78, 5) is 14.1. The molecule has 3 heterocycles. The molecule has 1 aliphatic carbocycles. The van der Waals surface area contributed by atoms with Gasteiger partial charge in [0, 0.05) is 35.0 Å². The van der Waals surface area contributed by atoms with Crippen molar-refractivity contribution in [3.05, 3.63) is 92.8 Å². The minimum absolute atomic E-state index is 0.0409. The van der Waals surface area contributed by atoms with Crippen molar-refractivity contribution in [1.29, 1.82) is 0 Å². The Balaban J connectivity index is 1.28. The lowest BCUT2D eigenvalue weighted by Gasteiger charge is -2.34. The average Bonchev–Trinajstić information content (AvgIpc) is 3.64. The van der Waals surface area contributed by atoms with Gasteiger partial charge in [0.05, 0.1) is 11.8 Å². The third kappa shape index (κ3) is 5.40. The van der Waals surface area contributed by atoms with Crippen LogP contribution in [0.1, 0.15) is 49.3 Å². The van der Waals surface area contributed by atoms with Crippen LogP contribution in [0.5, 0.6) is 0 Å². The highest BCUT2D eigenvalue weighted by molar-refractivity contribution is 7.91. The number of allylic oxidation sites excluding steroid dienone is 1. The molecule has 0 radical (unpaired) electrons. The maximum atomic E-state index is 14.1. The van der Waals surface area contributed by atoms with Gasteiger partial charge in [-0.25, -0.2) is 13.4 Å². The van der Waals surface area contributed by atoms with Gasteiger partial charge in [0.15, 0.2) is 0 Å². The van der Waals surface area contributed by atoms with Gasteiger partial charge >= 0.3 is 0 Å². The van der Waals surface area contributed by atoms with Crippen LogP contribution < -0.4 is 0 Å². The van der Waals surface area contributed by atoms with E-state index in [9.17, 15) is 13.2 Å². The van der Waals surface area contributed by atoms with Gasteiger partial charge in [-0.1, -0.05) is 53.5 Å². The Kier molecular flexibility index (Phi) is 7.90. The molecule has 6 rings (SSSR count). The van der Waals surface area contributed by atoms with E-state index < -0.39 is 10.0 Å². The van der Waals surface area contributed by atoms with Crippen LogP contribution in [0.3, 0.4) is 0 Å². The number of nitrogens with zero attached hydrogens (tertiary/aromatic N) is 3. The zero-order valence-electron chi connectivity index (χ0n) is 21.7. The molecule has 1 amide bonds. The van der Waals surface area contributed by atoms with Crippen molar-refractivity contribution < 1.29 is 13.2 Å². The number of fused-ring (bicyclic) bond motifs is 1. The molecule has 1 saturated heterocycles. The molecule has 2 unspecified atom stereocenters. The number of hydrogen-bond acceptors (Lipinski definition) is 5. The van der Waals surface area contributed by atoms with Crippen molar-refractivity contribution in [2.24, 2.45) is 16.9 Å². The summed E-state index contributed by atoms with van der Waals surface area (Å²) < 4.78 is 27.9. The Hall–Kier alpha value is -2.49. The van der Waals surface area contributed by atoms with Crippen LogP contribution in [0.25, 0.3) is 6.08 Å². The molecule has 3 aliphatic rings. The average molecular weight is 615 g/mol. The fourth-order valence-electron chi connectivity index (χ4n) is 6.00. The summed E-state index contributed by atoms with van der Waals surface area (Å²) in [5, 5.41) is 9.81. The predicted octanol–water partition coefficient (Wildman–Crippen LogP) is 7.28. The van der Waals surface area contributed by atoms with E-state index in [1.54, 1.807) is 22.5 Å². The number of carbonyl (C=O) groups is 1. The molecule has 0 spiro atoms. The summed E-state index contributed by atoms with van der Waals surface area (Å²) >= 11 is 13.5. The van der Waals surface area contributed by atoms with Crippen LogP contribution in [0.4, 0.5) is 0 Å². The summed E-state index contributed by atoms with van der Waals surface area (Å²) in [5.74, 6) is -0.254. The standard InChI is InChI=1S/C30H29Cl2N3O3S2/c31-24-10-6-20(7-11-24)19-23-3-1-4-26-28(23)33-35(29(26)21-8-12-25(32)13-9-21)30(36)22-14-16-34(17-15-22)40(37,38)27-5-2-18-39-27/h2,5-13,18-19,22,26,29H,1,3-4,14-17H2/b23-19-. The van der Waals surface area contributed by atoms with E-state index in [0.717, 1.165) is 41.7 Å². The van der Waals surface area contributed by atoms with Crippen molar-refractivity contribution in [3.63, 3.8) is 0 Å². The number of hydrogen-bond donors (Lipinski definition) is 0. The van der Waals surface area contributed by atoms with Gasteiger partial charge in [-0.15, -0.1) is 11.3 Å². The van der Waals surface area contributed by atoms with Gasteiger partial charge in [0.25, 0.3) is 10.0 Å². The lowest BCUT2D eigenvalue weighted by atomic mass is 9.77. The summed E-state index contributed by atoms with van der Waals surface area (Å²) in [5.41, 5.74) is 4.17. The highest BCUT2D eigenvalue weighted by Crippen LogP contribution is 2.45. The highest BCUT2D eigenvalue weighted by atomic mass is 35.5. The van der Waals surface area contributed by atoms with Crippen LogP contribution in [0, 0.1) is 11.8 Å². The molecule has 208 valence electrons. The summed E-state index contributed by atoms with van der Waals surface area (Å²) in [7, 11) is -3.53. The second-order valence-electron chi connectivity index (χ2n) is 10.5. The first-order valence-electron chi connectivity index (χ1n) is 13.5. The molecule has 2 fully saturated rings. The molecular formula is C30H29Cl2N3O3S2. The van der Waals surface area contributed by atoms with E-state index in [2.05, 4.69) is 6.08 Å². The molecule has 0 bridgehead atoms. The Morgan fingerprint density at radius 1 is 0.950 bits per heavy atom. The van der Waals surface area contributed by atoms with E-state index in [-0.39, 0.29) is 23.8 Å². The van der Waals surface area contributed by atoms with Crippen LogP contribution >= 0.6 is 34.5 Å². The van der Waals surface area contributed by atoms with Crippen molar-refractivity contribution in [1.82, 2.24) is 9.31 Å². The molecule has 3 aromatic rings. The second-order valence-corrected chi connectivity index (χ2v) is 14.5. The Morgan fingerprint density at radius 3 is 2.27 bits per heavy atom. The number of sulfonamides is 1. The number of piperidine rings is 1. The Bertz CT molecular complexity index is 1540. The molecule has 0 N–H and O–H groups in total. The van der Waals surface area contributed by atoms with Gasteiger partial charge < -0.3 is 0 Å². The summed E-state index contributed by atoms with van der Waals surface area (Å²) in [6, 6.07) is 18.6. The van der Waals surface area contributed by atoms with Crippen LogP contribution in [0.2, 0.25) is 10.0 Å². The zero-order valence-corrected chi connectivity index (χ0v) is 24.9. The summed E-state index contributed by atoms with van der Waals surface area (Å²) in [6.07, 6.45) is 5.93. The first-order valence-corrected chi connectivity index (χ1v) is 16.6. The number of hydrazone groups is 1. The van der Waals surface area contributed by atoms with E-state index in [1.165, 1.54) is 15.6 Å². The topological polar surface area (TPSA) is 70.1 Å². The van der Waals surface area contributed by atoms with Gasteiger partial charge in [-0.3, -0.25) is 4.79 Å². The van der Waals surface area contributed by atoms with Gasteiger partial charge in [-0.2, -0.15) is 9.41 Å². The van der Waals surface area contributed by atoms with Crippen molar-refractivity contribution in [2.45, 2.75) is 42.4 Å². The highest BCUT2D eigenvalue weighted by Gasteiger charge is 2.46. The summed E-state index contributed by atoms with van der Waals surface area (Å²) in [6.45, 7) is 0.635. The maximum Gasteiger partial charge on any atom is 0.252 e. The van der Waals surface area contributed by atoms with E-state index in [0.29, 0.717) is 40.2 Å². The second kappa shape index (κ2) is 11.4. The lowest BCUT2D eigenvalue weighted by molar-refractivity contribution is -0.139. The molecular weight excluding hydrogens is 585 g/mol. The Labute approximate surface area is 249 Å². The van der Waals surface area contributed by atoms with Crippen molar-refractivity contribution in [2.75, 3.05) is 13.1 Å². The van der Waals surface area contributed by atoms with Crippen LogP contribution in [-0.4, -0.2) is 42.4 Å². The number of benzene rings is 2. The molecule has 2 aliphatic heterocycles. The third-order valence-electron chi connectivity index (χ3n) is 8.04. The van der Waals surface area contributed by atoms with E-state index >= 15 is 0 Å². The predicted molar refractivity (Wildman–Crippen MR) is 161 cm³/mol. The van der Waals surface area contributed by atoms with Crippen LogP contribution in [-0.2, 0) is 14.8 Å². The quantitative estimate of drug-likeness (QED) is 0.303. The minimum Gasteiger partial charge on any atom is -0.273 e.